The van der Waals surface area contributed by atoms with Crippen molar-refractivity contribution in [3.05, 3.63) is 23.3 Å². The molecule has 2 aromatic rings. The molecule has 0 spiro atoms. The van der Waals surface area contributed by atoms with Crippen molar-refractivity contribution < 1.29 is 37.3 Å². The number of fused-ring (bicyclic) bond motifs is 5. The van der Waals surface area contributed by atoms with Gasteiger partial charge in [0.15, 0.2) is 6.10 Å². The van der Waals surface area contributed by atoms with Crippen LogP contribution in [-0.2, 0) is 0 Å². The number of carbonyl (C=O) groups is 1. The minimum Gasteiger partial charge on any atom is -0.472 e. The predicted molar refractivity (Wildman–Crippen MR) is 108 cm³/mol. The number of halogens is 5. The van der Waals surface area contributed by atoms with Crippen LogP contribution in [0.1, 0.15) is 37.1 Å². The molecule has 2 saturated heterocycles. The normalized spacial score (nSPS) is 29.5. The molecule has 5 heterocycles. The maximum Gasteiger partial charge on any atom is 0.418 e. The van der Waals surface area contributed by atoms with Crippen molar-refractivity contribution in [3.63, 3.8) is 0 Å². The molecule has 178 valence electrons. The Morgan fingerprint density at radius 2 is 1.97 bits per heavy atom. The second-order valence-electron chi connectivity index (χ2n) is 8.54. The Bertz CT molecular complexity index is 1170. The van der Waals surface area contributed by atoms with Gasteiger partial charge < -0.3 is 19.8 Å². The van der Waals surface area contributed by atoms with Crippen molar-refractivity contribution in [1.29, 1.82) is 0 Å². The van der Waals surface area contributed by atoms with Gasteiger partial charge >= 0.3 is 12.3 Å². The van der Waals surface area contributed by atoms with E-state index in [1.165, 1.54) is 11.8 Å². The molecule has 0 aromatic carbocycles. The van der Waals surface area contributed by atoms with Crippen LogP contribution in [0.4, 0.5) is 28.2 Å². The van der Waals surface area contributed by atoms with E-state index in [0.29, 0.717) is 12.8 Å². The Morgan fingerprint density at radius 3 is 2.61 bits per heavy atom. The number of aliphatic hydroxyl groups is 1. The second kappa shape index (κ2) is 7.20. The fourth-order valence-corrected chi connectivity index (χ4v) is 5.97. The molecule has 0 saturated carbocycles. The van der Waals surface area contributed by atoms with Crippen molar-refractivity contribution >= 4 is 34.3 Å². The van der Waals surface area contributed by atoms with Crippen molar-refractivity contribution in [2.75, 3.05) is 4.90 Å². The minimum atomic E-state index is -5.06. The number of hydrogen-bond donors (Lipinski definition) is 2. The Hall–Kier alpha value is -2.60. The maximum atomic E-state index is 15.0. The van der Waals surface area contributed by atoms with Gasteiger partial charge in [0.25, 0.3) is 0 Å². The lowest BCUT2D eigenvalue weighted by Gasteiger charge is -2.50. The van der Waals surface area contributed by atoms with Gasteiger partial charge in [0, 0.05) is 16.6 Å². The van der Waals surface area contributed by atoms with Crippen molar-refractivity contribution in [3.8, 4) is 5.88 Å². The van der Waals surface area contributed by atoms with Gasteiger partial charge in [-0.3, -0.25) is 4.90 Å². The lowest BCUT2D eigenvalue weighted by molar-refractivity contribution is -0.206. The number of aryl methyl sites for hydroxylation is 1. The Balaban J connectivity index is 1.81. The smallest absolute Gasteiger partial charge is 0.418 e. The summed E-state index contributed by atoms with van der Waals surface area (Å²) >= 11 is 6.76. The second-order valence-corrected chi connectivity index (χ2v) is 8.98. The number of ether oxygens (including phenoxy) is 1. The van der Waals surface area contributed by atoms with E-state index in [2.05, 4.69) is 9.97 Å². The number of anilines is 1. The fraction of sp³-hybridized carbons (Fsp3) is 0.550. The largest absolute Gasteiger partial charge is 0.472 e. The first-order valence-corrected chi connectivity index (χ1v) is 10.7. The maximum absolute atomic E-state index is 15.0. The molecule has 3 aliphatic heterocycles. The molecule has 2 aromatic heterocycles. The minimum absolute atomic E-state index is 0.0545. The first-order valence-electron chi connectivity index (χ1n) is 10.3. The molecule has 2 fully saturated rings. The molecular formula is C20H19ClF4N4O4. The summed E-state index contributed by atoms with van der Waals surface area (Å²) in [5.74, 6) is -1.18. The summed E-state index contributed by atoms with van der Waals surface area (Å²) in [4.78, 5) is 23.1. The number of hydrogen-bond acceptors (Lipinski definition) is 6. The Kier molecular flexibility index (Phi) is 4.84. The third kappa shape index (κ3) is 3.03. The standard InChI is InChI=1S/C20H19ClF4N4O4/c1-6-11(15(30)20(23,24)25)12-8(22)5-26-18-13(12)17(27-6)29-14(7(2)33-18)9-3-4-10(16(29)21)28(9)19(31)32/h5,7,9-10,14-16,30H,3-4H2,1-2H3,(H,31,32). The van der Waals surface area contributed by atoms with Crippen LogP contribution in [0.15, 0.2) is 6.20 Å². The van der Waals surface area contributed by atoms with Gasteiger partial charge in [0.1, 0.15) is 23.2 Å². The van der Waals surface area contributed by atoms with E-state index in [4.69, 9.17) is 16.3 Å². The van der Waals surface area contributed by atoms with Crippen LogP contribution in [-0.4, -0.2) is 67.1 Å². The number of aromatic nitrogens is 2. The highest BCUT2D eigenvalue weighted by Gasteiger charge is 2.57. The van der Waals surface area contributed by atoms with Crippen LogP contribution in [0.2, 0.25) is 0 Å². The van der Waals surface area contributed by atoms with E-state index in [0.717, 1.165) is 6.20 Å². The zero-order chi connectivity index (χ0) is 24.0. The number of rotatable bonds is 1. The average molecular weight is 491 g/mol. The summed E-state index contributed by atoms with van der Waals surface area (Å²) < 4.78 is 61.3. The lowest BCUT2D eigenvalue weighted by atomic mass is 9.96. The molecule has 13 heteroatoms. The summed E-state index contributed by atoms with van der Waals surface area (Å²) in [6, 6.07) is -1.76. The van der Waals surface area contributed by atoms with Crippen LogP contribution >= 0.6 is 11.6 Å². The molecular weight excluding hydrogens is 472 g/mol. The lowest BCUT2D eigenvalue weighted by Crippen LogP contribution is -2.67. The van der Waals surface area contributed by atoms with Gasteiger partial charge in [-0.25, -0.2) is 19.2 Å². The SMILES string of the molecule is Cc1nc2c3c(ncc(F)c3c1C(O)C(F)(F)F)OC(C)C1C3CCC(C(Cl)N21)N3C(=O)O. The molecule has 3 aliphatic rings. The molecule has 1 amide bonds. The van der Waals surface area contributed by atoms with Crippen LogP contribution in [0, 0.1) is 12.7 Å². The fourth-order valence-electron chi connectivity index (χ4n) is 5.50. The van der Waals surface area contributed by atoms with E-state index < -0.39 is 64.9 Å². The molecule has 6 unspecified atom stereocenters. The molecule has 2 bridgehead atoms. The van der Waals surface area contributed by atoms with Crippen LogP contribution in [0.3, 0.4) is 0 Å². The zero-order valence-electron chi connectivity index (χ0n) is 17.3. The molecule has 6 atom stereocenters. The third-order valence-corrected chi connectivity index (χ3v) is 7.25. The number of amides is 1. The molecule has 33 heavy (non-hydrogen) atoms. The van der Waals surface area contributed by atoms with E-state index in [1.54, 1.807) is 11.8 Å². The average Bonchev–Trinajstić information content (AvgIpc) is 3.05. The van der Waals surface area contributed by atoms with Gasteiger partial charge in [0.05, 0.1) is 29.7 Å². The molecule has 0 radical (unpaired) electrons. The monoisotopic (exact) mass is 490 g/mol. The van der Waals surface area contributed by atoms with E-state index in [9.17, 15) is 28.2 Å². The van der Waals surface area contributed by atoms with E-state index >= 15 is 4.39 Å². The van der Waals surface area contributed by atoms with Crippen molar-refractivity contribution in [2.45, 2.75) is 68.7 Å². The highest BCUT2D eigenvalue weighted by molar-refractivity contribution is 6.23. The Morgan fingerprint density at radius 1 is 1.30 bits per heavy atom. The van der Waals surface area contributed by atoms with Gasteiger partial charge in [0.2, 0.25) is 5.88 Å². The van der Waals surface area contributed by atoms with Crippen LogP contribution < -0.4 is 9.64 Å². The molecule has 0 aliphatic carbocycles. The molecule has 8 nitrogen and oxygen atoms in total. The summed E-state index contributed by atoms with van der Waals surface area (Å²) in [5, 5.41) is 19.1. The van der Waals surface area contributed by atoms with Crippen molar-refractivity contribution in [2.24, 2.45) is 0 Å². The number of carboxylic acid groups (broad SMARTS) is 1. The summed E-state index contributed by atoms with van der Waals surface area (Å²) in [5.41, 5.74) is -1.89. The number of pyridine rings is 2. The predicted octanol–water partition coefficient (Wildman–Crippen LogP) is 3.72. The van der Waals surface area contributed by atoms with Gasteiger partial charge in [-0.1, -0.05) is 11.6 Å². The first kappa shape index (κ1) is 22.2. The summed E-state index contributed by atoms with van der Waals surface area (Å²) in [6.07, 6.45) is -8.17. The van der Waals surface area contributed by atoms with Gasteiger partial charge in [-0.05, 0) is 26.7 Å². The van der Waals surface area contributed by atoms with Crippen LogP contribution in [0.25, 0.3) is 10.8 Å². The molecule has 5 rings (SSSR count). The van der Waals surface area contributed by atoms with E-state index in [1.807, 2.05) is 0 Å². The van der Waals surface area contributed by atoms with E-state index in [-0.39, 0.29) is 22.8 Å². The number of piperazine rings is 1. The highest BCUT2D eigenvalue weighted by Crippen LogP contribution is 2.50. The number of aliphatic hydroxyl groups excluding tert-OH is 1. The summed E-state index contributed by atoms with van der Waals surface area (Å²) in [6.45, 7) is 2.91. The highest BCUT2D eigenvalue weighted by atomic mass is 35.5. The van der Waals surface area contributed by atoms with Crippen LogP contribution in [0.5, 0.6) is 5.88 Å². The molecule has 2 N–H and O–H groups in total. The van der Waals surface area contributed by atoms with Gasteiger partial charge in [-0.2, -0.15) is 13.2 Å². The van der Waals surface area contributed by atoms with Crippen molar-refractivity contribution in [1.82, 2.24) is 14.9 Å². The first-order chi connectivity index (χ1) is 15.4. The quantitative estimate of drug-likeness (QED) is 0.357. The Labute approximate surface area is 189 Å². The third-order valence-electron chi connectivity index (χ3n) is 6.75. The van der Waals surface area contributed by atoms with Gasteiger partial charge in [-0.15, -0.1) is 0 Å². The number of nitrogens with zero attached hydrogens (tertiary/aromatic N) is 4. The number of alkyl halides is 4. The summed E-state index contributed by atoms with van der Waals surface area (Å²) in [7, 11) is 0. The topological polar surface area (TPSA) is 99.0 Å². The zero-order valence-corrected chi connectivity index (χ0v) is 18.1.